The normalized spacial score (nSPS) is 13.3. The van der Waals surface area contributed by atoms with Gasteiger partial charge in [-0.1, -0.05) is 97.2 Å². The van der Waals surface area contributed by atoms with Crippen molar-refractivity contribution in [1.29, 1.82) is 0 Å². The predicted octanol–water partition coefficient (Wildman–Crippen LogP) is 5.34. The Morgan fingerprint density at radius 1 is 1.05 bits per heavy atom. The van der Waals surface area contributed by atoms with Gasteiger partial charge >= 0.3 is 0 Å². The third-order valence-corrected chi connectivity index (χ3v) is 6.38. The highest BCUT2D eigenvalue weighted by atomic mass is 35.6. The van der Waals surface area contributed by atoms with Crippen molar-refractivity contribution in [3.05, 3.63) is 78.5 Å². The number of fused-ring (bicyclic) bond motifs is 1. The van der Waals surface area contributed by atoms with Crippen LogP contribution in [-0.2, 0) is 9.59 Å². The SMILES string of the molecule is CC(C)C[C@H](N)C(=O)N(C(=S)NC(NC(=O)/C=C/c1ccccc1)C(Cl)(Cl)Cl)c1cccc2cccnc12. The molecular weight excluding hydrogens is 565 g/mol. The Morgan fingerprint density at radius 3 is 2.39 bits per heavy atom. The van der Waals surface area contributed by atoms with Crippen LogP contribution >= 0.6 is 47.0 Å². The van der Waals surface area contributed by atoms with E-state index in [2.05, 4.69) is 15.6 Å². The van der Waals surface area contributed by atoms with Gasteiger partial charge in [-0.2, -0.15) is 0 Å². The van der Waals surface area contributed by atoms with Crippen LogP contribution in [-0.4, -0.2) is 37.9 Å². The Hall–Kier alpha value is -2.75. The molecule has 200 valence electrons. The van der Waals surface area contributed by atoms with Crippen molar-refractivity contribution in [1.82, 2.24) is 15.6 Å². The van der Waals surface area contributed by atoms with Crippen LogP contribution in [0.15, 0.2) is 72.9 Å². The van der Waals surface area contributed by atoms with Crippen molar-refractivity contribution in [3.63, 3.8) is 0 Å². The number of amides is 2. The number of aromatic nitrogens is 1. The first-order chi connectivity index (χ1) is 18.0. The minimum absolute atomic E-state index is 0.115. The number of pyridine rings is 1. The number of carbonyl (C=O) groups excluding carboxylic acids is 2. The summed E-state index contributed by atoms with van der Waals surface area (Å²) in [6.45, 7) is 3.93. The topological polar surface area (TPSA) is 100 Å². The lowest BCUT2D eigenvalue weighted by Gasteiger charge is -2.32. The summed E-state index contributed by atoms with van der Waals surface area (Å²) in [4.78, 5) is 32.0. The molecule has 0 saturated carbocycles. The minimum Gasteiger partial charge on any atom is -0.338 e. The van der Waals surface area contributed by atoms with Crippen molar-refractivity contribution in [2.75, 3.05) is 4.90 Å². The quantitative estimate of drug-likeness (QED) is 0.141. The zero-order valence-corrected chi connectivity index (χ0v) is 23.9. The highest BCUT2D eigenvalue weighted by Gasteiger charge is 2.37. The highest BCUT2D eigenvalue weighted by molar-refractivity contribution is 7.80. The molecule has 7 nitrogen and oxygen atoms in total. The molecule has 1 unspecified atom stereocenters. The van der Waals surface area contributed by atoms with Gasteiger partial charge in [0.05, 0.1) is 17.2 Å². The van der Waals surface area contributed by atoms with Gasteiger partial charge in [0, 0.05) is 17.7 Å². The monoisotopic (exact) mass is 591 g/mol. The molecule has 4 N–H and O–H groups in total. The summed E-state index contributed by atoms with van der Waals surface area (Å²) in [6.07, 6.45) is 3.67. The Bertz CT molecular complexity index is 1310. The second-order valence-electron chi connectivity index (χ2n) is 8.94. The van der Waals surface area contributed by atoms with Crippen LogP contribution in [0.25, 0.3) is 17.0 Å². The Kier molecular flexibility index (Phi) is 10.5. The van der Waals surface area contributed by atoms with E-state index in [0.717, 1.165) is 10.9 Å². The molecule has 0 spiro atoms. The summed E-state index contributed by atoms with van der Waals surface area (Å²) in [5.41, 5.74) is 8.03. The van der Waals surface area contributed by atoms with Crippen molar-refractivity contribution in [3.8, 4) is 0 Å². The van der Waals surface area contributed by atoms with Crippen LogP contribution < -0.4 is 21.3 Å². The summed E-state index contributed by atoms with van der Waals surface area (Å²) in [7, 11) is 0. The molecule has 2 atom stereocenters. The molecule has 0 bridgehead atoms. The van der Waals surface area contributed by atoms with E-state index in [9.17, 15) is 9.59 Å². The molecule has 38 heavy (non-hydrogen) atoms. The molecule has 2 aromatic carbocycles. The smallest absolute Gasteiger partial charge is 0.250 e. The summed E-state index contributed by atoms with van der Waals surface area (Å²) in [6, 6.07) is 17.4. The molecule has 2 amide bonds. The number of nitrogens with zero attached hydrogens (tertiary/aromatic N) is 2. The molecule has 0 radical (unpaired) electrons. The standard InChI is InChI=1S/C27H28Cl3N5O2S/c1-17(2)16-20(31)24(37)35(21-12-6-10-19-11-7-15-32-23(19)21)26(38)34-25(27(28,29)30)33-22(36)14-13-18-8-4-3-5-9-18/h3-15,17,20,25H,16,31H2,1-2H3,(H,33,36)(H,34,38)/b14-13+/t20-,25?/m0/s1. The average molecular weight is 593 g/mol. The zero-order valence-electron chi connectivity index (χ0n) is 20.8. The van der Waals surface area contributed by atoms with Gasteiger partial charge in [0.1, 0.15) is 6.17 Å². The third-order valence-electron chi connectivity index (χ3n) is 5.43. The van der Waals surface area contributed by atoms with Crippen molar-refractivity contribution in [2.45, 2.75) is 36.3 Å². The van der Waals surface area contributed by atoms with Gasteiger partial charge < -0.3 is 16.4 Å². The third kappa shape index (κ3) is 8.12. The minimum atomic E-state index is -2.02. The number of hydrogen-bond donors (Lipinski definition) is 3. The van der Waals surface area contributed by atoms with Crippen LogP contribution in [0.1, 0.15) is 25.8 Å². The molecular formula is C27H28Cl3N5O2S. The van der Waals surface area contributed by atoms with E-state index in [0.29, 0.717) is 17.6 Å². The molecule has 3 aromatic rings. The second kappa shape index (κ2) is 13.4. The maximum Gasteiger partial charge on any atom is 0.250 e. The fourth-order valence-electron chi connectivity index (χ4n) is 3.69. The first-order valence-electron chi connectivity index (χ1n) is 11.8. The number of alkyl halides is 3. The van der Waals surface area contributed by atoms with Crippen molar-refractivity contribution in [2.24, 2.45) is 11.7 Å². The number of halogens is 3. The molecule has 1 heterocycles. The number of anilines is 1. The number of hydrogen-bond acceptors (Lipinski definition) is 5. The van der Waals surface area contributed by atoms with Gasteiger partial charge in [-0.25, -0.2) is 0 Å². The largest absolute Gasteiger partial charge is 0.338 e. The Balaban J connectivity index is 1.92. The molecule has 0 fully saturated rings. The van der Waals surface area contributed by atoms with Crippen LogP contribution in [0, 0.1) is 5.92 Å². The number of rotatable bonds is 8. The van der Waals surface area contributed by atoms with Crippen molar-refractivity contribution >= 4 is 86.6 Å². The molecule has 3 rings (SSSR count). The van der Waals surface area contributed by atoms with Gasteiger partial charge in [-0.15, -0.1) is 0 Å². The van der Waals surface area contributed by atoms with E-state index >= 15 is 0 Å². The lowest BCUT2D eigenvalue weighted by Crippen LogP contribution is -2.60. The molecule has 0 aliphatic heterocycles. The predicted molar refractivity (Wildman–Crippen MR) is 160 cm³/mol. The summed E-state index contributed by atoms with van der Waals surface area (Å²) >= 11 is 24.2. The molecule has 1 aromatic heterocycles. The first-order valence-corrected chi connectivity index (χ1v) is 13.4. The lowest BCUT2D eigenvalue weighted by atomic mass is 10.0. The number of benzene rings is 2. The number of para-hydroxylation sites is 1. The maximum atomic E-state index is 13.6. The molecule has 0 saturated heterocycles. The van der Waals surface area contributed by atoms with Crippen LogP contribution in [0.3, 0.4) is 0 Å². The summed E-state index contributed by atoms with van der Waals surface area (Å²) in [5, 5.41) is 6.10. The Morgan fingerprint density at radius 2 is 1.74 bits per heavy atom. The van der Waals surface area contributed by atoms with Crippen LogP contribution in [0.2, 0.25) is 0 Å². The summed E-state index contributed by atoms with van der Waals surface area (Å²) in [5.74, 6) is -0.845. The number of thiocarbonyl (C=S) groups is 1. The molecule has 11 heteroatoms. The Labute approximate surface area is 242 Å². The van der Waals surface area contributed by atoms with Crippen molar-refractivity contribution < 1.29 is 9.59 Å². The van der Waals surface area contributed by atoms with E-state index in [1.165, 1.54) is 11.0 Å². The summed E-state index contributed by atoms with van der Waals surface area (Å²) < 4.78 is -2.02. The first kappa shape index (κ1) is 29.8. The molecule has 0 aliphatic carbocycles. The van der Waals surface area contributed by atoms with Gasteiger partial charge in [0.15, 0.2) is 5.11 Å². The fraction of sp³-hybridized carbons (Fsp3) is 0.259. The lowest BCUT2D eigenvalue weighted by molar-refractivity contribution is -0.119. The van der Waals surface area contributed by atoms with E-state index in [1.807, 2.05) is 56.3 Å². The zero-order chi connectivity index (χ0) is 27.9. The van der Waals surface area contributed by atoms with Crippen LogP contribution in [0.5, 0.6) is 0 Å². The van der Waals surface area contributed by atoms with Gasteiger partial charge in [0.2, 0.25) is 15.6 Å². The van der Waals surface area contributed by atoms with E-state index in [1.54, 1.807) is 30.5 Å². The number of carbonyl (C=O) groups is 2. The average Bonchev–Trinajstić information content (AvgIpc) is 2.87. The maximum absolute atomic E-state index is 13.6. The number of nitrogens with two attached hydrogens (primary N) is 1. The van der Waals surface area contributed by atoms with Gasteiger partial charge in [-0.05, 0) is 48.3 Å². The van der Waals surface area contributed by atoms with Crippen LogP contribution in [0.4, 0.5) is 5.69 Å². The highest BCUT2D eigenvalue weighted by Crippen LogP contribution is 2.31. The molecule has 0 aliphatic rings. The van der Waals surface area contributed by atoms with E-state index in [4.69, 9.17) is 52.8 Å². The van der Waals surface area contributed by atoms with E-state index in [-0.39, 0.29) is 11.0 Å². The van der Waals surface area contributed by atoms with Gasteiger partial charge in [-0.3, -0.25) is 19.5 Å². The number of nitrogens with one attached hydrogen (secondary N) is 2. The second-order valence-corrected chi connectivity index (χ2v) is 11.7. The fourth-order valence-corrected chi connectivity index (χ4v) is 4.32. The van der Waals surface area contributed by atoms with E-state index < -0.39 is 27.8 Å². The van der Waals surface area contributed by atoms with Gasteiger partial charge in [0.25, 0.3) is 0 Å².